The standard InChI is InChI=1S/C15H17N3O3/c16-10-1-3-11(4-2-10)21-15-6-5-14(18(19)20)13-9-17-8-7-12(13)15/h5-11H,1-4,16H2. The molecule has 0 aliphatic heterocycles. The normalized spacial score (nSPS) is 22.1. The molecule has 0 unspecified atom stereocenters. The van der Waals surface area contributed by atoms with Gasteiger partial charge in [0.15, 0.2) is 0 Å². The summed E-state index contributed by atoms with van der Waals surface area (Å²) in [4.78, 5) is 14.7. The highest BCUT2D eigenvalue weighted by Gasteiger charge is 2.22. The Hall–Kier alpha value is -2.21. The van der Waals surface area contributed by atoms with Gasteiger partial charge in [-0.1, -0.05) is 0 Å². The van der Waals surface area contributed by atoms with E-state index in [1.807, 2.05) is 0 Å². The van der Waals surface area contributed by atoms with Gasteiger partial charge < -0.3 is 10.5 Å². The number of pyridine rings is 1. The maximum Gasteiger partial charge on any atom is 0.279 e. The Morgan fingerprint density at radius 3 is 2.67 bits per heavy atom. The molecule has 1 aliphatic rings. The number of aromatic nitrogens is 1. The van der Waals surface area contributed by atoms with Crippen molar-refractivity contribution in [3.05, 3.63) is 40.7 Å². The number of hydrogen-bond acceptors (Lipinski definition) is 5. The van der Waals surface area contributed by atoms with Crippen molar-refractivity contribution in [2.45, 2.75) is 37.8 Å². The van der Waals surface area contributed by atoms with E-state index in [1.54, 1.807) is 18.3 Å². The number of nitro groups is 1. The second-order valence-electron chi connectivity index (χ2n) is 5.42. The molecule has 2 aromatic rings. The molecule has 3 rings (SSSR count). The van der Waals surface area contributed by atoms with Gasteiger partial charge >= 0.3 is 0 Å². The minimum absolute atomic E-state index is 0.0520. The molecule has 6 nitrogen and oxygen atoms in total. The third kappa shape index (κ3) is 2.80. The molecule has 21 heavy (non-hydrogen) atoms. The fourth-order valence-electron chi connectivity index (χ4n) is 2.80. The molecule has 0 saturated heterocycles. The van der Waals surface area contributed by atoms with Crippen molar-refractivity contribution in [2.24, 2.45) is 5.73 Å². The SMILES string of the molecule is NC1CCC(Oc2ccc([N+](=O)[O-])c3cnccc23)CC1. The van der Waals surface area contributed by atoms with E-state index in [0.29, 0.717) is 11.1 Å². The molecular formula is C15H17N3O3. The molecule has 1 saturated carbocycles. The van der Waals surface area contributed by atoms with Crippen LogP contribution in [0.25, 0.3) is 10.8 Å². The summed E-state index contributed by atoms with van der Waals surface area (Å²) in [6.07, 6.45) is 7.01. The van der Waals surface area contributed by atoms with E-state index in [0.717, 1.165) is 31.1 Å². The molecule has 0 bridgehead atoms. The van der Waals surface area contributed by atoms with Crippen molar-refractivity contribution in [1.29, 1.82) is 0 Å². The Bertz CT molecular complexity index is 666. The Labute approximate surface area is 122 Å². The topological polar surface area (TPSA) is 91.3 Å². The van der Waals surface area contributed by atoms with Gasteiger partial charge in [0.2, 0.25) is 0 Å². The van der Waals surface area contributed by atoms with Gasteiger partial charge in [-0.05, 0) is 37.8 Å². The smallest absolute Gasteiger partial charge is 0.279 e. The van der Waals surface area contributed by atoms with Crippen LogP contribution in [0.2, 0.25) is 0 Å². The summed E-state index contributed by atoms with van der Waals surface area (Å²) < 4.78 is 6.05. The number of hydrogen-bond donors (Lipinski definition) is 1. The van der Waals surface area contributed by atoms with Crippen LogP contribution in [-0.4, -0.2) is 22.1 Å². The summed E-state index contributed by atoms with van der Waals surface area (Å²) in [6, 6.07) is 5.18. The molecule has 110 valence electrons. The van der Waals surface area contributed by atoms with Crippen LogP contribution in [0.5, 0.6) is 5.75 Å². The van der Waals surface area contributed by atoms with Crippen molar-refractivity contribution in [3.8, 4) is 5.75 Å². The van der Waals surface area contributed by atoms with E-state index in [9.17, 15) is 10.1 Å². The minimum atomic E-state index is -0.395. The summed E-state index contributed by atoms with van der Waals surface area (Å²) in [5.41, 5.74) is 5.95. The Kier molecular flexibility index (Phi) is 3.70. The second-order valence-corrected chi connectivity index (χ2v) is 5.42. The van der Waals surface area contributed by atoms with Crippen LogP contribution in [0.4, 0.5) is 5.69 Å². The first-order chi connectivity index (χ1) is 10.1. The van der Waals surface area contributed by atoms with E-state index in [2.05, 4.69) is 4.98 Å². The average molecular weight is 287 g/mol. The average Bonchev–Trinajstić information content (AvgIpc) is 2.49. The van der Waals surface area contributed by atoms with Crippen LogP contribution in [0.1, 0.15) is 25.7 Å². The van der Waals surface area contributed by atoms with Crippen LogP contribution in [0.3, 0.4) is 0 Å². The number of nitro benzene ring substituents is 1. The summed E-state index contributed by atoms with van der Waals surface area (Å²) in [5, 5.41) is 12.3. The van der Waals surface area contributed by atoms with Gasteiger partial charge in [0, 0.05) is 29.9 Å². The molecule has 1 aliphatic carbocycles. The molecule has 0 spiro atoms. The molecular weight excluding hydrogens is 270 g/mol. The lowest BCUT2D eigenvalue weighted by atomic mass is 9.93. The fraction of sp³-hybridized carbons (Fsp3) is 0.400. The van der Waals surface area contributed by atoms with E-state index in [-0.39, 0.29) is 17.8 Å². The maximum atomic E-state index is 11.1. The zero-order valence-electron chi connectivity index (χ0n) is 11.6. The molecule has 1 heterocycles. The molecule has 6 heteroatoms. The van der Waals surface area contributed by atoms with Gasteiger partial charge in [-0.3, -0.25) is 15.1 Å². The number of rotatable bonds is 3. The van der Waals surface area contributed by atoms with E-state index in [4.69, 9.17) is 10.5 Å². The van der Waals surface area contributed by atoms with Gasteiger partial charge in [0.05, 0.1) is 16.4 Å². The minimum Gasteiger partial charge on any atom is -0.490 e. The third-order valence-electron chi connectivity index (χ3n) is 3.96. The molecule has 1 fully saturated rings. The molecule has 2 N–H and O–H groups in total. The number of nitrogens with two attached hydrogens (primary N) is 1. The number of benzene rings is 1. The lowest BCUT2D eigenvalue weighted by Crippen LogP contribution is -2.31. The highest BCUT2D eigenvalue weighted by molar-refractivity contribution is 5.94. The molecule has 1 aromatic heterocycles. The van der Waals surface area contributed by atoms with Gasteiger partial charge in [-0.25, -0.2) is 0 Å². The summed E-state index contributed by atoms with van der Waals surface area (Å²) >= 11 is 0. The van der Waals surface area contributed by atoms with E-state index in [1.165, 1.54) is 12.3 Å². The number of non-ortho nitro benzene ring substituents is 1. The van der Waals surface area contributed by atoms with Crippen LogP contribution in [-0.2, 0) is 0 Å². The van der Waals surface area contributed by atoms with E-state index >= 15 is 0 Å². The molecule has 1 aromatic carbocycles. The lowest BCUT2D eigenvalue weighted by molar-refractivity contribution is -0.383. The third-order valence-corrected chi connectivity index (χ3v) is 3.96. The molecule has 0 atom stereocenters. The Balaban J connectivity index is 1.93. The zero-order valence-corrected chi connectivity index (χ0v) is 11.6. The number of fused-ring (bicyclic) bond motifs is 1. The van der Waals surface area contributed by atoms with Gasteiger partial charge in [-0.2, -0.15) is 0 Å². The highest BCUT2D eigenvalue weighted by Crippen LogP contribution is 2.34. The Morgan fingerprint density at radius 1 is 1.19 bits per heavy atom. The van der Waals surface area contributed by atoms with Crippen LogP contribution in [0.15, 0.2) is 30.6 Å². The van der Waals surface area contributed by atoms with Crippen molar-refractivity contribution in [1.82, 2.24) is 4.98 Å². The van der Waals surface area contributed by atoms with Crippen LogP contribution >= 0.6 is 0 Å². The van der Waals surface area contributed by atoms with Gasteiger partial charge in [0.1, 0.15) is 5.75 Å². The summed E-state index contributed by atoms with van der Waals surface area (Å²) in [5.74, 6) is 0.679. The van der Waals surface area contributed by atoms with Gasteiger partial charge in [0.25, 0.3) is 5.69 Å². The summed E-state index contributed by atoms with van der Waals surface area (Å²) in [6.45, 7) is 0. The lowest BCUT2D eigenvalue weighted by Gasteiger charge is -2.27. The van der Waals surface area contributed by atoms with Crippen LogP contribution < -0.4 is 10.5 Å². The highest BCUT2D eigenvalue weighted by atomic mass is 16.6. The summed E-state index contributed by atoms with van der Waals surface area (Å²) in [7, 11) is 0. The first-order valence-corrected chi connectivity index (χ1v) is 7.08. The zero-order chi connectivity index (χ0) is 14.8. The predicted molar refractivity (Wildman–Crippen MR) is 79.3 cm³/mol. The first-order valence-electron chi connectivity index (χ1n) is 7.08. The number of nitrogens with zero attached hydrogens (tertiary/aromatic N) is 2. The quantitative estimate of drug-likeness (QED) is 0.692. The number of ether oxygens (including phenoxy) is 1. The monoisotopic (exact) mass is 287 g/mol. The fourth-order valence-corrected chi connectivity index (χ4v) is 2.80. The van der Waals surface area contributed by atoms with E-state index < -0.39 is 4.92 Å². The van der Waals surface area contributed by atoms with Crippen molar-refractivity contribution in [3.63, 3.8) is 0 Å². The van der Waals surface area contributed by atoms with Crippen LogP contribution in [0, 0.1) is 10.1 Å². The first kappa shape index (κ1) is 13.8. The second kappa shape index (κ2) is 5.65. The van der Waals surface area contributed by atoms with Crippen molar-refractivity contribution in [2.75, 3.05) is 0 Å². The molecule has 0 radical (unpaired) electrons. The van der Waals surface area contributed by atoms with Crippen molar-refractivity contribution >= 4 is 16.5 Å². The Morgan fingerprint density at radius 2 is 1.95 bits per heavy atom. The van der Waals surface area contributed by atoms with Gasteiger partial charge in [-0.15, -0.1) is 0 Å². The predicted octanol–water partition coefficient (Wildman–Crippen LogP) is 2.79. The maximum absolute atomic E-state index is 11.1. The van der Waals surface area contributed by atoms with Crippen molar-refractivity contribution < 1.29 is 9.66 Å². The molecule has 0 amide bonds. The largest absolute Gasteiger partial charge is 0.490 e.